The zero-order valence-corrected chi connectivity index (χ0v) is 6.87. The van der Waals surface area contributed by atoms with Crippen LogP contribution in [0, 0.1) is 6.92 Å². The highest BCUT2D eigenvalue weighted by molar-refractivity contribution is 5.89. The highest BCUT2D eigenvalue weighted by Gasteiger charge is 2.08. The molecule has 0 amide bonds. The van der Waals surface area contributed by atoms with E-state index in [1.165, 1.54) is 19.4 Å². The Bertz CT molecular complexity index is 309. The molecule has 1 N–H and O–H groups in total. The van der Waals surface area contributed by atoms with Crippen LogP contribution < -0.4 is 4.74 Å². The van der Waals surface area contributed by atoms with E-state index in [4.69, 9.17) is 9.84 Å². The molecule has 4 heteroatoms. The van der Waals surface area contributed by atoms with E-state index in [0.717, 1.165) is 0 Å². The van der Waals surface area contributed by atoms with Gasteiger partial charge in [0.05, 0.1) is 24.6 Å². The number of ether oxygens (including phenoxy) is 1. The van der Waals surface area contributed by atoms with Crippen molar-refractivity contribution >= 4 is 5.97 Å². The number of aromatic carboxylic acids is 1. The molecular formula is C8H9NO3. The molecule has 0 unspecified atom stereocenters. The van der Waals surface area contributed by atoms with Crippen LogP contribution in [0.5, 0.6) is 5.75 Å². The molecule has 4 nitrogen and oxygen atoms in total. The summed E-state index contributed by atoms with van der Waals surface area (Å²) in [4.78, 5) is 14.5. The van der Waals surface area contributed by atoms with E-state index in [9.17, 15) is 4.79 Å². The molecule has 0 aliphatic heterocycles. The number of carboxylic acids is 1. The van der Waals surface area contributed by atoms with Crippen LogP contribution >= 0.6 is 0 Å². The van der Waals surface area contributed by atoms with Gasteiger partial charge in [0.1, 0.15) is 5.75 Å². The third kappa shape index (κ3) is 1.53. The number of pyridine rings is 1. The Morgan fingerprint density at radius 3 is 2.83 bits per heavy atom. The maximum atomic E-state index is 10.6. The van der Waals surface area contributed by atoms with Gasteiger partial charge in [-0.15, -0.1) is 0 Å². The minimum Gasteiger partial charge on any atom is -0.495 e. The van der Waals surface area contributed by atoms with Crippen molar-refractivity contribution in [1.29, 1.82) is 0 Å². The number of hydrogen-bond donors (Lipinski definition) is 1. The van der Waals surface area contributed by atoms with E-state index < -0.39 is 5.97 Å². The minimum absolute atomic E-state index is 0.175. The normalized spacial score (nSPS) is 9.50. The third-order valence-electron chi connectivity index (χ3n) is 1.53. The molecule has 0 aliphatic rings. The standard InChI is InChI=1S/C8H9NO3/c1-5-7(8(10)11)3-6(12-2)4-9-5/h3-4H,1-2H3,(H,10,11). The van der Waals surface area contributed by atoms with Crippen LogP contribution in [0.1, 0.15) is 16.1 Å². The van der Waals surface area contributed by atoms with E-state index in [0.29, 0.717) is 11.4 Å². The molecule has 0 fully saturated rings. The van der Waals surface area contributed by atoms with Gasteiger partial charge in [-0.2, -0.15) is 0 Å². The van der Waals surface area contributed by atoms with Crippen LogP contribution in [0.4, 0.5) is 0 Å². The van der Waals surface area contributed by atoms with Crippen LogP contribution in [-0.4, -0.2) is 23.2 Å². The van der Waals surface area contributed by atoms with Gasteiger partial charge in [0, 0.05) is 0 Å². The van der Waals surface area contributed by atoms with Gasteiger partial charge >= 0.3 is 5.97 Å². The topological polar surface area (TPSA) is 59.4 Å². The van der Waals surface area contributed by atoms with Gasteiger partial charge in [-0.3, -0.25) is 4.98 Å². The van der Waals surface area contributed by atoms with Crippen LogP contribution in [0.15, 0.2) is 12.3 Å². The summed E-state index contributed by atoms with van der Waals surface area (Å²) >= 11 is 0. The fraction of sp³-hybridized carbons (Fsp3) is 0.250. The second-order valence-corrected chi connectivity index (χ2v) is 2.31. The van der Waals surface area contributed by atoms with Crippen LogP contribution in [-0.2, 0) is 0 Å². The molecule has 0 atom stereocenters. The fourth-order valence-electron chi connectivity index (χ4n) is 0.842. The summed E-state index contributed by atoms with van der Waals surface area (Å²) < 4.78 is 4.83. The van der Waals surface area contributed by atoms with E-state index >= 15 is 0 Å². The monoisotopic (exact) mass is 167 g/mol. The lowest BCUT2D eigenvalue weighted by Gasteiger charge is -2.02. The van der Waals surface area contributed by atoms with Crippen LogP contribution in [0.2, 0.25) is 0 Å². The molecule has 1 rings (SSSR count). The zero-order chi connectivity index (χ0) is 9.14. The molecule has 1 aromatic rings. The highest BCUT2D eigenvalue weighted by atomic mass is 16.5. The lowest BCUT2D eigenvalue weighted by molar-refractivity contribution is 0.0695. The SMILES string of the molecule is COc1cnc(C)c(C(=O)O)c1. The quantitative estimate of drug-likeness (QED) is 0.716. The van der Waals surface area contributed by atoms with Crippen molar-refractivity contribution in [1.82, 2.24) is 4.98 Å². The first-order valence-electron chi connectivity index (χ1n) is 3.39. The molecule has 1 heterocycles. The molecule has 0 aromatic carbocycles. The molecule has 0 saturated heterocycles. The number of carbonyl (C=O) groups is 1. The van der Waals surface area contributed by atoms with Gasteiger partial charge in [0.25, 0.3) is 0 Å². The number of methoxy groups -OCH3 is 1. The van der Waals surface area contributed by atoms with Crippen molar-refractivity contribution in [2.75, 3.05) is 7.11 Å². The summed E-state index contributed by atoms with van der Waals surface area (Å²) in [5.41, 5.74) is 0.664. The zero-order valence-electron chi connectivity index (χ0n) is 6.87. The summed E-state index contributed by atoms with van der Waals surface area (Å²) in [6.07, 6.45) is 1.49. The fourth-order valence-corrected chi connectivity index (χ4v) is 0.842. The maximum Gasteiger partial charge on any atom is 0.337 e. The Labute approximate surface area is 69.8 Å². The van der Waals surface area contributed by atoms with Crippen molar-refractivity contribution in [3.8, 4) is 5.75 Å². The second kappa shape index (κ2) is 3.21. The number of rotatable bonds is 2. The van der Waals surface area contributed by atoms with Crippen molar-refractivity contribution in [2.45, 2.75) is 6.92 Å². The molecule has 1 aromatic heterocycles. The molecule has 64 valence electrons. The summed E-state index contributed by atoms with van der Waals surface area (Å²) in [6.45, 7) is 1.64. The van der Waals surface area contributed by atoms with Crippen molar-refractivity contribution < 1.29 is 14.6 Å². The van der Waals surface area contributed by atoms with Crippen molar-refractivity contribution in [3.05, 3.63) is 23.5 Å². The molecule has 0 spiro atoms. The van der Waals surface area contributed by atoms with E-state index in [1.807, 2.05) is 0 Å². The Hall–Kier alpha value is -1.58. The van der Waals surface area contributed by atoms with E-state index in [2.05, 4.69) is 4.98 Å². The van der Waals surface area contributed by atoms with Gasteiger partial charge in [0.2, 0.25) is 0 Å². The van der Waals surface area contributed by atoms with Gasteiger partial charge in [-0.25, -0.2) is 4.79 Å². The van der Waals surface area contributed by atoms with Crippen molar-refractivity contribution in [2.24, 2.45) is 0 Å². The number of nitrogens with zero attached hydrogens (tertiary/aromatic N) is 1. The molecule has 12 heavy (non-hydrogen) atoms. The Balaban J connectivity index is 3.17. The molecular weight excluding hydrogens is 158 g/mol. The van der Waals surface area contributed by atoms with Crippen molar-refractivity contribution in [3.63, 3.8) is 0 Å². The van der Waals surface area contributed by atoms with Gasteiger partial charge < -0.3 is 9.84 Å². The number of hydrogen-bond acceptors (Lipinski definition) is 3. The predicted molar refractivity (Wildman–Crippen MR) is 42.5 cm³/mol. The summed E-state index contributed by atoms with van der Waals surface area (Å²) in [5, 5.41) is 8.69. The Kier molecular flexibility index (Phi) is 2.28. The molecule has 0 bridgehead atoms. The molecule has 0 saturated carbocycles. The minimum atomic E-state index is -0.987. The van der Waals surface area contributed by atoms with Gasteiger partial charge in [-0.1, -0.05) is 0 Å². The first-order chi connectivity index (χ1) is 5.65. The first-order valence-corrected chi connectivity index (χ1v) is 3.39. The number of aryl methyl sites for hydroxylation is 1. The molecule has 0 radical (unpaired) electrons. The number of carboxylic acid groups (broad SMARTS) is 1. The Morgan fingerprint density at radius 2 is 2.33 bits per heavy atom. The molecule has 0 aliphatic carbocycles. The predicted octanol–water partition coefficient (Wildman–Crippen LogP) is 1.10. The third-order valence-corrected chi connectivity index (χ3v) is 1.53. The Morgan fingerprint density at radius 1 is 1.67 bits per heavy atom. The highest BCUT2D eigenvalue weighted by Crippen LogP contribution is 2.13. The van der Waals surface area contributed by atoms with Gasteiger partial charge in [0.15, 0.2) is 0 Å². The van der Waals surface area contributed by atoms with Crippen LogP contribution in [0.3, 0.4) is 0 Å². The summed E-state index contributed by atoms with van der Waals surface area (Å²) in [6, 6.07) is 1.45. The number of aromatic nitrogens is 1. The average molecular weight is 167 g/mol. The lowest BCUT2D eigenvalue weighted by Crippen LogP contribution is -2.02. The first kappa shape index (κ1) is 8.52. The summed E-state index contributed by atoms with van der Waals surface area (Å²) in [5.74, 6) is -0.531. The second-order valence-electron chi connectivity index (χ2n) is 2.31. The maximum absolute atomic E-state index is 10.6. The van der Waals surface area contributed by atoms with Gasteiger partial charge in [-0.05, 0) is 13.0 Å². The largest absolute Gasteiger partial charge is 0.495 e. The van der Waals surface area contributed by atoms with E-state index in [-0.39, 0.29) is 5.56 Å². The van der Waals surface area contributed by atoms with Crippen LogP contribution in [0.25, 0.3) is 0 Å². The smallest absolute Gasteiger partial charge is 0.337 e. The van der Waals surface area contributed by atoms with E-state index in [1.54, 1.807) is 6.92 Å². The summed E-state index contributed by atoms with van der Waals surface area (Å²) in [7, 11) is 1.47. The average Bonchev–Trinajstić information content (AvgIpc) is 2.05. The lowest BCUT2D eigenvalue weighted by atomic mass is 10.2.